The van der Waals surface area contributed by atoms with Crippen LogP contribution >= 0.6 is 23.1 Å². The molecule has 2 N–H and O–H groups in total. The smallest absolute Gasteiger partial charge is 0.308 e. The molecule has 0 fully saturated rings. The molecule has 23 heavy (non-hydrogen) atoms. The summed E-state index contributed by atoms with van der Waals surface area (Å²) >= 11 is 3.17. The average Bonchev–Trinajstić information content (AvgIpc) is 2.91. The van der Waals surface area contributed by atoms with E-state index in [-0.39, 0.29) is 6.03 Å². The third-order valence-electron chi connectivity index (χ3n) is 3.58. The first-order valence-electron chi connectivity index (χ1n) is 7.15. The number of rotatable bonds is 3. The first kappa shape index (κ1) is 15.8. The van der Waals surface area contributed by atoms with Crippen LogP contribution in [0.1, 0.15) is 11.1 Å². The van der Waals surface area contributed by atoms with Crippen molar-refractivity contribution in [1.29, 1.82) is 0 Å². The summed E-state index contributed by atoms with van der Waals surface area (Å²) in [5, 5.41) is 6.24. The maximum Gasteiger partial charge on any atom is 0.325 e. The van der Waals surface area contributed by atoms with E-state index in [0.717, 1.165) is 21.5 Å². The Kier molecular flexibility index (Phi) is 4.54. The van der Waals surface area contributed by atoms with Crippen LogP contribution in [0.4, 0.5) is 15.6 Å². The number of anilines is 2. The maximum atomic E-state index is 12.1. The highest BCUT2D eigenvalue weighted by molar-refractivity contribution is 7.98. The fourth-order valence-electron chi connectivity index (χ4n) is 2.16. The number of nitrogens with zero attached hydrogens (tertiary/aromatic N) is 1. The van der Waals surface area contributed by atoms with E-state index in [1.165, 1.54) is 21.8 Å². The fourth-order valence-corrected chi connectivity index (χ4v) is 3.58. The van der Waals surface area contributed by atoms with Gasteiger partial charge in [-0.1, -0.05) is 17.4 Å². The Bertz CT molecular complexity index is 873. The maximum absolute atomic E-state index is 12.1. The third-order valence-corrected chi connectivity index (χ3v) is 5.24. The van der Waals surface area contributed by atoms with Gasteiger partial charge in [0.05, 0.1) is 10.2 Å². The van der Waals surface area contributed by atoms with Crippen LogP contribution in [0, 0.1) is 13.8 Å². The zero-order chi connectivity index (χ0) is 16.4. The van der Waals surface area contributed by atoms with Crippen molar-refractivity contribution in [2.24, 2.45) is 0 Å². The van der Waals surface area contributed by atoms with Crippen LogP contribution < -0.4 is 10.6 Å². The molecule has 0 atom stereocenters. The number of carbonyl (C=O) groups is 1. The number of thiazole rings is 1. The molecule has 0 spiro atoms. The zero-order valence-electron chi connectivity index (χ0n) is 13.1. The van der Waals surface area contributed by atoms with Gasteiger partial charge in [-0.3, -0.25) is 5.32 Å². The van der Waals surface area contributed by atoms with E-state index in [9.17, 15) is 4.79 Å². The SMILES string of the molecule is CSc1ccc2nc(NC(=O)Nc3ccc(C)c(C)c3)sc2c1. The van der Waals surface area contributed by atoms with E-state index in [1.54, 1.807) is 11.8 Å². The summed E-state index contributed by atoms with van der Waals surface area (Å²) in [6, 6.07) is 11.7. The molecule has 0 aliphatic heterocycles. The van der Waals surface area contributed by atoms with Gasteiger partial charge in [-0.2, -0.15) is 0 Å². The second-order valence-electron chi connectivity index (χ2n) is 5.23. The number of carbonyl (C=O) groups excluding carboxylic acids is 1. The lowest BCUT2D eigenvalue weighted by Crippen LogP contribution is -2.19. The summed E-state index contributed by atoms with van der Waals surface area (Å²) in [6.45, 7) is 4.07. The van der Waals surface area contributed by atoms with Gasteiger partial charge in [0.25, 0.3) is 0 Å². The molecule has 0 saturated carbocycles. The van der Waals surface area contributed by atoms with Gasteiger partial charge < -0.3 is 5.32 Å². The molecule has 0 unspecified atom stereocenters. The lowest BCUT2D eigenvalue weighted by Gasteiger charge is -2.07. The first-order valence-corrected chi connectivity index (χ1v) is 9.19. The Hall–Kier alpha value is -2.05. The normalized spacial score (nSPS) is 10.7. The van der Waals surface area contributed by atoms with E-state index in [4.69, 9.17) is 0 Å². The number of benzene rings is 2. The molecule has 6 heteroatoms. The number of aryl methyl sites for hydroxylation is 2. The molecular weight excluding hydrogens is 326 g/mol. The highest BCUT2D eigenvalue weighted by Crippen LogP contribution is 2.29. The number of urea groups is 1. The topological polar surface area (TPSA) is 54.0 Å². The predicted molar refractivity (Wildman–Crippen MR) is 100.0 cm³/mol. The number of hydrogen-bond donors (Lipinski definition) is 2. The fraction of sp³-hybridized carbons (Fsp3) is 0.176. The molecule has 3 rings (SSSR count). The Labute approximate surface area is 143 Å². The zero-order valence-corrected chi connectivity index (χ0v) is 14.8. The van der Waals surface area contributed by atoms with Crippen molar-refractivity contribution in [2.45, 2.75) is 18.7 Å². The molecule has 2 aromatic carbocycles. The molecule has 1 aromatic heterocycles. The van der Waals surface area contributed by atoms with Crippen LogP contribution in [-0.2, 0) is 0 Å². The van der Waals surface area contributed by atoms with Crippen LogP contribution in [0.2, 0.25) is 0 Å². The van der Waals surface area contributed by atoms with Crippen molar-refractivity contribution in [3.8, 4) is 0 Å². The quantitative estimate of drug-likeness (QED) is 0.636. The van der Waals surface area contributed by atoms with Crippen LogP contribution in [0.5, 0.6) is 0 Å². The highest BCUT2D eigenvalue weighted by atomic mass is 32.2. The Morgan fingerprint density at radius 1 is 1.09 bits per heavy atom. The number of thioether (sulfide) groups is 1. The van der Waals surface area contributed by atoms with E-state index in [2.05, 4.69) is 21.7 Å². The molecule has 1 heterocycles. The minimum Gasteiger partial charge on any atom is -0.308 e. The second kappa shape index (κ2) is 6.60. The lowest BCUT2D eigenvalue weighted by atomic mass is 10.1. The minimum atomic E-state index is -0.280. The molecule has 0 aliphatic rings. The number of amides is 2. The van der Waals surface area contributed by atoms with E-state index < -0.39 is 0 Å². The standard InChI is InChI=1S/C17H17N3OS2/c1-10-4-5-12(8-11(10)2)18-16(21)20-17-19-14-7-6-13(22-3)9-15(14)23-17/h4-9H,1-3H3,(H2,18,19,20,21). The van der Waals surface area contributed by atoms with Crippen molar-refractivity contribution in [2.75, 3.05) is 16.9 Å². The molecule has 4 nitrogen and oxygen atoms in total. The molecule has 0 bridgehead atoms. The van der Waals surface area contributed by atoms with Gasteiger partial charge >= 0.3 is 6.03 Å². The molecular formula is C17H17N3OS2. The van der Waals surface area contributed by atoms with Crippen LogP contribution in [0.25, 0.3) is 10.2 Å². The highest BCUT2D eigenvalue weighted by Gasteiger charge is 2.09. The monoisotopic (exact) mass is 343 g/mol. The Morgan fingerprint density at radius 2 is 1.91 bits per heavy atom. The van der Waals surface area contributed by atoms with Gasteiger partial charge in [0.1, 0.15) is 0 Å². The largest absolute Gasteiger partial charge is 0.325 e. The van der Waals surface area contributed by atoms with Crippen LogP contribution in [0.3, 0.4) is 0 Å². The van der Waals surface area contributed by atoms with Gasteiger partial charge in [-0.25, -0.2) is 9.78 Å². The Morgan fingerprint density at radius 3 is 2.65 bits per heavy atom. The van der Waals surface area contributed by atoms with Crippen molar-refractivity contribution in [3.63, 3.8) is 0 Å². The van der Waals surface area contributed by atoms with Crippen LogP contribution in [-0.4, -0.2) is 17.3 Å². The second-order valence-corrected chi connectivity index (χ2v) is 7.14. The van der Waals surface area contributed by atoms with Crippen molar-refractivity contribution >= 4 is 50.2 Å². The van der Waals surface area contributed by atoms with E-state index in [1.807, 2.05) is 50.4 Å². The molecule has 0 radical (unpaired) electrons. The molecule has 118 valence electrons. The number of nitrogens with one attached hydrogen (secondary N) is 2. The molecule has 0 saturated heterocycles. The van der Waals surface area contributed by atoms with E-state index in [0.29, 0.717) is 5.13 Å². The number of fused-ring (bicyclic) bond motifs is 1. The first-order chi connectivity index (χ1) is 11.0. The molecule has 0 aliphatic carbocycles. The summed E-state index contributed by atoms with van der Waals surface area (Å²) in [5.41, 5.74) is 4.02. The van der Waals surface area contributed by atoms with Gasteiger partial charge in [0.2, 0.25) is 0 Å². The predicted octanol–water partition coefficient (Wildman–Crippen LogP) is 5.28. The number of hydrogen-bond acceptors (Lipinski definition) is 4. The minimum absolute atomic E-state index is 0.280. The van der Waals surface area contributed by atoms with Gasteiger partial charge in [0, 0.05) is 10.6 Å². The summed E-state index contributed by atoms with van der Waals surface area (Å²) in [4.78, 5) is 17.7. The van der Waals surface area contributed by atoms with Gasteiger partial charge in [-0.05, 0) is 61.6 Å². The summed E-state index contributed by atoms with van der Waals surface area (Å²) in [7, 11) is 0. The van der Waals surface area contributed by atoms with Gasteiger partial charge in [0.15, 0.2) is 5.13 Å². The summed E-state index contributed by atoms with van der Waals surface area (Å²) < 4.78 is 1.07. The molecule has 2 amide bonds. The van der Waals surface area contributed by atoms with Gasteiger partial charge in [-0.15, -0.1) is 11.8 Å². The van der Waals surface area contributed by atoms with Crippen LogP contribution in [0.15, 0.2) is 41.3 Å². The van der Waals surface area contributed by atoms with E-state index >= 15 is 0 Å². The summed E-state index contributed by atoms with van der Waals surface area (Å²) in [5.74, 6) is 0. The average molecular weight is 343 g/mol. The van der Waals surface area contributed by atoms with Crippen molar-refractivity contribution < 1.29 is 4.79 Å². The molecule has 3 aromatic rings. The lowest BCUT2D eigenvalue weighted by molar-refractivity contribution is 0.262. The van der Waals surface area contributed by atoms with Crippen molar-refractivity contribution in [1.82, 2.24) is 4.98 Å². The van der Waals surface area contributed by atoms with Crippen molar-refractivity contribution in [3.05, 3.63) is 47.5 Å². The third kappa shape index (κ3) is 3.65. The Balaban J connectivity index is 1.73. The number of aromatic nitrogens is 1. The summed E-state index contributed by atoms with van der Waals surface area (Å²) in [6.07, 6.45) is 2.04.